The molecule has 0 unspecified atom stereocenters. The molecule has 0 saturated heterocycles. The Labute approximate surface area is 125 Å². The highest BCUT2D eigenvalue weighted by Crippen LogP contribution is 2.21. The Balaban J connectivity index is 2.28. The minimum Gasteiger partial charge on any atom is -0.389 e. The number of amides is 1. The van der Waals surface area contributed by atoms with E-state index in [9.17, 15) is 9.18 Å². The van der Waals surface area contributed by atoms with E-state index in [0.29, 0.717) is 11.3 Å². The molecular formula is C14H10ClFN2OS. The van der Waals surface area contributed by atoms with Crippen molar-refractivity contribution in [3.8, 4) is 0 Å². The lowest BCUT2D eigenvalue weighted by Gasteiger charge is -2.08. The van der Waals surface area contributed by atoms with Crippen LogP contribution in [0.5, 0.6) is 0 Å². The molecule has 0 aliphatic rings. The highest BCUT2D eigenvalue weighted by atomic mass is 35.5. The predicted molar refractivity (Wildman–Crippen MR) is 81.7 cm³/mol. The number of carbonyl (C=O) groups is 1. The average Bonchev–Trinajstić information content (AvgIpc) is 2.38. The summed E-state index contributed by atoms with van der Waals surface area (Å²) in [5.41, 5.74) is 6.38. The third-order valence-electron chi connectivity index (χ3n) is 2.59. The lowest BCUT2D eigenvalue weighted by molar-refractivity contribution is 0.102. The maximum atomic E-state index is 13.6. The van der Waals surface area contributed by atoms with Gasteiger partial charge in [0.25, 0.3) is 5.91 Å². The molecule has 20 heavy (non-hydrogen) atoms. The predicted octanol–water partition coefficient (Wildman–Crippen LogP) is 3.37. The van der Waals surface area contributed by atoms with E-state index in [-0.39, 0.29) is 15.6 Å². The number of thiocarbonyl (C=S) groups is 1. The van der Waals surface area contributed by atoms with Crippen LogP contribution in [0, 0.1) is 5.82 Å². The van der Waals surface area contributed by atoms with E-state index in [4.69, 9.17) is 29.6 Å². The van der Waals surface area contributed by atoms with Gasteiger partial charge < -0.3 is 11.1 Å². The van der Waals surface area contributed by atoms with Crippen LogP contribution in [0.4, 0.5) is 10.1 Å². The largest absolute Gasteiger partial charge is 0.389 e. The Hall–Kier alpha value is -1.98. The smallest absolute Gasteiger partial charge is 0.260 e. The second kappa shape index (κ2) is 5.98. The molecule has 3 nitrogen and oxygen atoms in total. The van der Waals surface area contributed by atoms with Gasteiger partial charge in [0.05, 0.1) is 10.6 Å². The van der Waals surface area contributed by atoms with Crippen molar-refractivity contribution in [2.24, 2.45) is 5.73 Å². The van der Waals surface area contributed by atoms with Crippen LogP contribution in [-0.4, -0.2) is 10.9 Å². The number of nitrogens with two attached hydrogens (primary N) is 1. The van der Waals surface area contributed by atoms with Crippen molar-refractivity contribution in [1.29, 1.82) is 0 Å². The summed E-state index contributed by atoms with van der Waals surface area (Å²) in [6.07, 6.45) is 0. The van der Waals surface area contributed by atoms with Gasteiger partial charge in [-0.3, -0.25) is 4.79 Å². The number of hydrogen-bond donors (Lipinski definition) is 2. The molecule has 0 radical (unpaired) electrons. The highest BCUT2D eigenvalue weighted by Gasteiger charge is 2.15. The van der Waals surface area contributed by atoms with E-state index in [0.717, 1.165) is 0 Å². The molecule has 0 atom stereocenters. The maximum Gasteiger partial charge on any atom is 0.260 e. The third-order valence-corrected chi connectivity index (χ3v) is 3.15. The molecule has 6 heteroatoms. The van der Waals surface area contributed by atoms with Crippen LogP contribution in [0.15, 0.2) is 42.5 Å². The van der Waals surface area contributed by atoms with E-state index in [1.165, 1.54) is 18.2 Å². The van der Waals surface area contributed by atoms with Gasteiger partial charge >= 0.3 is 0 Å². The van der Waals surface area contributed by atoms with Crippen LogP contribution in [0.25, 0.3) is 0 Å². The Bertz CT molecular complexity index is 670. The maximum absolute atomic E-state index is 13.6. The normalized spacial score (nSPS) is 10.1. The fourth-order valence-electron chi connectivity index (χ4n) is 1.66. The minimum absolute atomic E-state index is 0.0491. The van der Waals surface area contributed by atoms with Gasteiger partial charge in [-0.2, -0.15) is 0 Å². The second-order valence-electron chi connectivity index (χ2n) is 4.00. The second-order valence-corrected chi connectivity index (χ2v) is 4.84. The Kier molecular flexibility index (Phi) is 4.32. The molecule has 2 rings (SSSR count). The number of nitrogens with one attached hydrogen (secondary N) is 1. The molecule has 102 valence electrons. The number of carbonyl (C=O) groups excluding carboxylic acids is 1. The molecule has 2 aromatic rings. The molecule has 0 aliphatic heterocycles. The zero-order valence-corrected chi connectivity index (χ0v) is 11.8. The van der Waals surface area contributed by atoms with Crippen molar-refractivity contribution in [1.82, 2.24) is 0 Å². The zero-order chi connectivity index (χ0) is 14.7. The molecule has 0 aliphatic carbocycles. The summed E-state index contributed by atoms with van der Waals surface area (Å²) >= 11 is 10.7. The molecule has 0 saturated carbocycles. The zero-order valence-electron chi connectivity index (χ0n) is 10.2. The van der Waals surface area contributed by atoms with Crippen molar-refractivity contribution in [3.05, 3.63) is 64.4 Å². The summed E-state index contributed by atoms with van der Waals surface area (Å²) in [7, 11) is 0. The molecule has 0 fully saturated rings. The fourth-order valence-corrected chi connectivity index (χ4v) is 2.03. The van der Waals surface area contributed by atoms with Crippen molar-refractivity contribution in [3.63, 3.8) is 0 Å². The molecule has 3 N–H and O–H groups in total. The van der Waals surface area contributed by atoms with Gasteiger partial charge in [-0.05, 0) is 24.3 Å². The Morgan fingerprint density at radius 2 is 1.95 bits per heavy atom. The summed E-state index contributed by atoms with van der Waals surface area (Å²) in [6.45, 7) is 0. The van der Waals surface area contributed by atoms with E-state index >= 15 is 0 Å². The van der Waals surface area contributed by atoms with Crippen LogP contribution in [0.1, 0.15) is 15.9 Å². The lowest BCUT2D eigenvalue weighted by Crippen LogP contribution is -2.15. The van der Waals surface area contributed by atoms with Crippen LogP contribution >= 0.6 is 23.8 Å². The van der Waals surface area contributed by atoms with Gasteiger partial charge in [0, 0.05) is 11.3 Å². The topological polar surface area (TPSA) is 55.1 Å². The number of benzene rings is 2. The van der Waals surface area contributed by atoms with E-state index in [1.807, 2.05) is 0 Å². The van der Waals surface area contributed by atoms with E-state index in [2.05, 4.69) is 5.32 Å². The van der Waals surface area contributed by atoms with Gasteiger partial charge in [-0.1, -0.05) is 42.0 Å². The first kappa shape index (κ1) is 14.4. The van der Waals surface area contributed by atoms with Gasteiger partial charge in [0.2, 0.25) is 0 Å². The molecular weight excluding hydrogens is 299 g/mol. The summed E-state index contributed by atoms with van der Waals surface area (Å²) < 4.78 is 13.6. The Morgan fingerprint density at radius 1 is 1.25 bits per heavy atom. The number of hydrogen-bond acceptors (Lipinski definition) is 2. The molecule has 0 bridgehead atoms. The van der Waals surface area contributed by atoms with Crippen LogP contribution in [0.3, 0.4) is 0 Å². The number of anilines is 1. The molecule has 1 amide bonds. The van der Waals surface area contributed by atoms with Crippen LogP contribution in [0.2, 0.25) is 5.02 Å². The average molecular weight is 309 g/mol. The van der Waals surface area contributed by atoms with Crippen LogP contribution in [-0.2, 0) is 0 Å². The monoisotopic (exact) mass is 308 g/mol. The Morgan fingerprint density at radius 3 is 2.60 bits per heavy atom. The standard InChI is InChI=1S/C14H10ClFN2OS/c15-10-5-2-6-11(16)12(10)14(19)18-9-4-1-3-8(7-9)13(17)20/h1-7H,(H2,17,20)(H,18,19). The first-order valence-corrected chi connectivity index (χ1v) is 6.43. The first-order chi connectivity index (χ1) is 9.49. The molecule has 0 heterocycles. The van der Waals surface area contributed by atoms with Crippen molar-refractivity contribution in [2.75, 3.05) is 5.32 Å². The first-order valence-electron chi connectivity index (χ1n) is 5.64. The van der Waals surface area contributed by atoms with Gasteiger partial charge in [0.1, 0.15) is 10.8 Å². The molecule has 2 aromatic carbocycles. The van der Waals surface area contributed by atoms with Crippen LogP contribution < -0.4 is 11.1 Å². The van der Waals surface area contributed by atoms with E-state index in [1.54, 1.807) is 24.3 Å². The molecule has 0 aromatic heterocycles. The minimum atomic E-state index is -0.680. The SMILES string of the molecule is NC(=S)c1cccc(NC(=O)c2c(F)cccc2Cl)c1. The number of halogens is 2. The fraction of sp³-hybridized carbons (Fsp3) is 0. The summed E-state index contributed by atoms with van der Waals surface area (Å²) in [5.74, 6) is -1.31. The van der Waals surface area contributed by atoms with E-state index < -0.39 is 11.7 Å². The van der Waals surface area contributed by atoms with Crippen molar-refractivity contribution >= 4 is 40.4 Å². The van der Waals surface area contributed by atoms with Gasteiger partial charge in [-0.25, -0.2) is 4.39 Å². The molecule has 0 spiro atoms. The highest BCUT2D eigenvalue weighted by molar-refractivity contribution is 7.80. The van der Waals surface area contributed by atoms with Gasteiger partial charge in [-0.15, -0.1) is 0 Å². The quantitative estimate of drug-likeness (QED) is 0.855. The van der Waals surface area contributed by atoms with Crippen molar-refractivity contribution < 1.29 is 9.18 Å². The van der Waals surface area contributed by atoms with Crippen molar-refractivity contribution in [2.45, 2.75) is 0 Å². The number of rotatable bonds is 3. The lowest BCUT2D eigenvalue weighted by atomic mass is 10.1. The summed E-state index contributed by atoms with van der Waals surface area (Å²) in [4.78, 5) is 12.3. The third kappa shape index (κ3) is 3.12. The summed E-state index contributed by atoms with van der Waals surface area (Å²) in [5, 5.41) is 2.61. The summed E-state index contributed by atoms with van der Waals surface area (Å²) in [6, 6.07) is 10.7. The van der Waals surface area contributed by atoms with Gasteiger partial charge in [0.15, 0.2) is 0 Å².